The Hall–Kier alpha value is -1.47. The van der Waals surface area contributed by atoms with E-state index in [2.05, 4.69) is 55.6 Å². The van der Waals surface area contributed by atoms with E-state index in [4.69, 9.17) is 0 Å². The van der Waals surface area contributed by atoms with Gasteiger partial charge in [-0.3, -0.25) is 4.79 Å². The number of unbranched alkanes of at least 4 members (excludes halogenated alkanes) is 37. The lowest BCUT2D eigenvalue weighted by Crippen LogP contribution is -2.53. The van der Waals surface area contributed by atoms with Crippen molar-refractivity contribution in [3.63, 3.8) is 0 Å². The number of carbonyl (C=O) groups excluding carboxylic acids is 1. The quantitative estimate of drug-likeness (QED) is 0.0309. The van der Waals surface area contributed by atoms with Crippen LogP contribution in [0, 0.1) is 0 Å². The number of carbonyl (C=O) groups is 1. The van der Waals surface area contributed by atoms with E-state index in [1.165, 1.54) is 212 Å². The molecule has 0 saturated heterocycles. The lowest BCUT2D eigenvalue weighted by atomic mass is 10.00. The summed E-state index contributed by atoms with van der Waals surface area (Å²) in [6, 6.07) is -1.01. The third-order valence-electron chi connectivity index (χ3n) is 13.3. The molecule has 4 atom stereocenters. The molecule has 5 N–H and O–H groups in total. The molecule has 6 heteroatoms. The van der Waals surface area contributed by atoms with Crippen molar-refractivity contribution in [2.24, 2.45) is 0 Å². The fraction of sp³-hybridized carbons (Fsp3) is 0.879. The van der Waals surface area contributed by atoms with Gasteiger partial charge < -0.3 is 25.7 Å². The number of hydrogen-bond donors (Lipinski definition) is 5. The minimum atomic E-state index is -1.29. The first-order chi connectivity index (χ1) is 31.5. The zero-order valence-electron chi connectivity index (χ0n) is 42.8. The van der Waals surface area contributed by atoms with E-state index in [0.717, 1.165) is 51.4 Å². The first-order valence-corrected chi connectivity index (χ1v) is 28.4. The summed E-state index contributed by atoms with van der Waals surface area (Å²) < 4.78 is 0. The van der Waals surface area contributed by atoms with Crippen LogP contribution in [0.2, 0.25) is 0 Å². The van der Waals surface area contributed by atoms with Gasteiger partial charge >= 0.3 is 0 Å². The maximum Gasteiger partial charge on any atom is 0.249 e. The third kappa shape index (κ3) is 45.7. The Morgan fingerprint density at radius 3 is 0.984 bits per heavy atom. The molecule has 1 amide bonds. The van der Waals surface area contributed by atoms with Gasteiger partial charge in [0, 0.05) is 0 Å². The average Bonchev–Trinajstić information content (AvgIpc) is 3.30. The summed E-state index contributed by atoms with van der Waals surface area (Å²) in [5.74, 6) is -0.595. The summed E-state index contributed by atoms with van der Waals surface area (Å²) in [7, 11) is 0. The Morgan fingerprint density at radius 1 is 0.375 bits per heavy atom. The number of aliphatic hydroxyl groups excluding tert-OH is 4. The van der Waals surface area contributed by atoms with Gasteiger partial charge in [0.25, 0.3) is 0 Å². The van der Waals surface area contributed by atoms with Crippen LogP contribution in [0.15, 0.2) is 36.5 Å². The second-order valence-corrected chi connectivity index (χ2v) is 19.6. The molecule has 378 valence electrons. The van der Waals surface area contributed by atoms with Crippen LogP contribution >= 0.6 is 0 Å². The standard InChI is InChI=1S/C58H111NO5/c1-3-5-7-9-11-13-15-17-19-21-23-25-26-27-28-29-30-32-34-36-38-40-42-44-46-48-50-52-56(62)58(64)59-54(53-60)57(63)55(61)51-49-47-45-43-41-39-37-35-33-31-24-22-20-18-16-14-12-10-8-6-4-2/h22,24,35,37,43,45,54-57,60-63H,3-21,23,25-34,36,38-42,44,46-53H2,1-2H3,(H,59,64)/b24-22+,37-35+,45-43+. The van der Waals surface area contributed by atoms with Gasteiger partial charge in [0.2, 0.25) is 5.91 Å². The molecule has 0 aromatic heterocycles. The van der Waals surface area contributed by atoms with Crippen molar-refractivity contribution < 1.29 is 25.2 Å². The predicted molar refractivity (Wildman–Crippen MR) is 279 cm³/mol. The van der Waals surface area contributed by atoms with E-state index in [-0.39, 0.29) is 0 Å². The molecule has 0 aliphatic carbocycles. The van der Waals surface area contributed by atoms with Gasteiger partial charge in [0.15, 0.2) is 0 Å². The van der Waals surface area contributed by atoms with Crippen molar-refractivity contribution in [3.8, 4) is 0 Å². The molecule has 64 heavy (non-hydrogen) atoms. The van der Waals surface area contributed by atoms with E-state index in [1.807, 2.05) is 0 Å². The second kappa shape index (κ2) is 52.5. The van der Waals surface area contributed by atoms with E-state index in [1.54, 1.807) is 0 Å². The number of aliphatic hydroxyl groups is 4. The summed E-state index contributed by atoms with van der Waals surface area (Å²) in [6.45, 7) is 4.06. The highest BCUT2D eigenvalue weighted by molar-refractivity contribution is 5.80. The zero-order chi connectivity index (χ0) is 46.7. The van der Waals surface area contributed by atoms with Gasteiger partial charge in [0.1, 0.15) is 12.2 Å². The van der Waals surface area contributed by atoms with Gasteiger partial charge in [-0.1, -0.05) is 269 Å². The van der Waals surface area contributed by atoms with Gasteiger partial charge in [-0.05, 0) is 64.2 Å². The Kier molecular flexibility index (Phi) is 51.3. The number of allylic oxidation sites excluding steroid dienone is 6. The first-order valence-electron chi connectivity index (χ1n) is 28.4. The molecule has 0 heterocycles. The third-order valence-corrected chi connectivity index (χ3v) is 13.3. The first kappa shape index (κ1) is 62.5. The summed E-state index contributed by atoms with van der Waals surface area (Å²) in [4.78, 5) is 12.6. The fourth-order valence-electron chi connectivity index (χ4n) is 8.85. The van der Waals surface area contributed by atoms with Crippen molar-refractivity contribution in [1.29, 1.82) is 0 Å². The van der Waals surface area contributed by atoms with Gasteiger partial charge in [-0.25, -0.2) is 0 Å². The Bertz CT molecular complexity index is 1010. The van der Waals surface area contributed by atoms with Crippen molar-refractivity contribution in [2.45, 2.75) is 321 Å². The summed E-state index contributed by atoms with van der Waals surface area (Å²) in [6.07, 6.45) is 65.0. The molecule has 0 fully saturated rings. The smallest absolute Gasteiger partial charge is 0.249 e. The van der Waals surface area contributed by atoms with Gasteiger partial charge in [0.05, 0.1) is 18.8 Å². The number of hydrogen-bond acceptors (Lipinski definition) is 5. The van der Waals surface area contributed by atoms with Crippen LogP contribution in [-0.2, 0) is 4.79 Å². The highest BCUT2D eigenvalue weighted by Gasteiger charge is 2.28. The molecular formula is C58H111NO5. The lowest BCUT2D eigenvalue weighted by Gasteiger charge is -2.27. The van der Waals surface area contributed by atoms with Crippen molar-refractivity contribution in [3.05, 3.63) is 36.5 Å². The molecular weight excluding hydrogens is 791 g/mol. The van der Waals surface area contributed by atoms with E-state index in [0.29, 0.717) is 19.3 Å². The zero-order valence-corrected chi connectivity index (χ0v) is 42.8. The number of amides is 1. The summed E-state index contributed by atoms with van der Waals surface area (Å²) >= 11 is 0. The summed E-state index contributed by atoms with van der Waals surface area (Å²) in [5.41, 5.74) is 0. The monoisotopic (exact) mass is 902 g/mol. The molecule has 0 rings (SSSR count). The van der Waals surface area contributed by atoms with Crippen LogP contribution in [0.5, 0.6) is 0 Å². The molecule has 0 aromatic carbocycles. The predicted octanol–water partition coefficient (Wildman–Crippen LogP) is 16.4. The van der Waals surface area contributed by atoms with Crippen LogP contribution in [0.4, 0.5) is 0 Å². The van der Waals surface area contributed by atoms with Crippen molar-refractivity contribution in [1.82, 2.24) is 5.32 Å². The van der Waals surface area contributed by atoms with Crippen molar-refractivity contribution >= 4 is 5.91 Å². The molecule has 0 aliphatic rings. The van der Waals surface area contributed by atoms with Crippen LogP contribution in [0.1, 0.15) is 296 Å². The number of nitrogens with one attached hydrogen (secondary N) is 1. The number of rotatable bonds is 52. The van der Waals surface area contributed by atoms with Crippen molar-refractivity contribution in [2.75, 3.05) is 6.61 Å². The summed E-state index contributed by atoms with van der Waals surface area (Å²) in [5, 5.41) is 43.9. The van der Waals surface area contributed by atoms with Crippen LogP contribution in [0.25, 0.3) is 0 Å². The minimum Gasteiger partial charge on any atom is -0.394 e. The highest BCUT2D eigenvalue weighted by Crippen LogP contribution is 2.18. The van der Waals surface area contributed by atoms with E-state index >= 15 is 0 Å². The topological polar surface area (TPSA) is 110 Å². The molecule has 4 unspecified atom stereocenters. The maximum atomic E-state index is 12.6. The molecule has 0 aromatic rings. The van der Waals surface area contributed by atoms with E-state index < -0.39 is 36.9 Å². The van der Waals surface area contributed by atoms with Crippen LogP contribution < -0.4 is 5.32 Å². The average molecular weight is 903 g/mol. The fourth-order valence-corrected chi connectivity index (χ4v) is 8.85. The molecule has 0 aliphatic heterocycles. The largest absolute Gasteiger partial charge is 0.394 e. The second-order valence-electron chi connectivity index (χ2n) is 19.6. The van der Waals surface area contributed by atoms with Crippen LogP contribution in [-0.4, -0.2) is 57.3 Å². The molecule has 0 radical (unpaired) electrons. The maximum absolute atomic E-state index is 12.6. The molecule has 0 bridgehead atoms. The molecule has 6 nitrogen and oxygen atoms in total. The minimum absolute atomic E-state index is 0.362. The normalized spacial score (nSPS) is 14.0. The Balaban J connectivity index is 3.66. The van der Waals surface area contributed by atoms with Crippen LogP contribution in [0.3, 0.4) is 0 Å². The Morgan fingerprint density at radius 2 is 0.656 bits per heavy atom. The molecule has 0 spiro atoms. The Labute approximate surface area is 398 Å². The van der Waals surface area contributed by atoms with Gasteiger partial charge in [-0.2, -0.15) is 0 Å². The SMILES string of the molecule is CCCCCCCCCC/C=C/CC/C=C/CC/C=C/CCCC(O)C(O)C(CO)NC(=O)C(O)CCCCCCCCCCCCCCCCCCCCCCCCCCCCC. The van der Waals surface area contributed by atoms with Gasteiger partial charge in [-0.15, -0.1) is 0 Å². The lowest BCUT2D eigenvalue weighted by molar-refractivity contribution is -0.132. The highest BCUT2D eigenvalue weighted by atomic mass is 16.3. The molecule has 0 saturated carbocycles. The van der Waals surface area contributed by atoms with E-state index in [9.17, 15) is 25.2 Å².